The van der Waals surface area contributed by atoms with Crippen LogP contribution < -0.4 is 10.2 Å². The number of anilines is 1. The lowest BCUT2D eigenvalue weighted by molar-refractivity contribution is 0.599. The maximum absolute atomic E-state index is 12.0. The number of likely N-dealkylation sites (N-methyl/N-ethyl adjacent to an activating group) is 1. The Labute approximate surface area is 126 Å². The van der Waals surface area contributed by atoms with Crippen molar-refractivity contribution in [3.63, 3.8) is 0 Å². The maximum atomic E-state index is 12.0. The maximum Gasteiger partial charge on any atom is 0.177 e. The van der Waals surface area contributed by atoms with Gasteiger partial charge in [0.15, 0.2) is 19.7 Å². The van der Waals surface area contributed by atoms with Gasteiger partial charge >= 0.3 is 0 Å². The molecule has 118 valence electrons. The van der Waals surface area contributed by atoms with Crippen LogP contribution in [0.5, 0.6) is 0 Å². The summed E-state index contributed by atoms with van der Waals surface area (Å²) in [4.78, 5) is 2.07. The van der Waals surface area contributed by atoms with Gasteiger partial charge in [-0.3, -0.25) is 0 Å². The molecule has 0 amide bonds. The summed E-state index contributed by atoms with van der Waals surface area (Å²) in [6.45, 7) is 1.45. The van der Waals surface area contributed by atoms with Crippen LogP contribution in [0.15, 0.2) is 28.0 Å². The topological polar surface area (TPSA) is 83.6 Å². The zero-order valence-corrected chi connectivity index (χ0v) is 14.0. The molecule has 1 saturated heterocycles. The van der Waals surface area contributed by atoms with Gasteiger partial charge in [-0.15, -0.1) is 0 Å². The zero-order chi connectivity index (χ0) is 15.8. The number of benzene rings is 1. The number of sulfone groups is 2. The van der Waals surface area contributed by atoms with E-state index in [1.54, 1.807) is 6.07 Å². The van der Waals surface area contributed by atoms with Crippen molar-refractivity contribution in [3.05, 3.63) is 18.2 Å². The van der Waals surface area contributed by atoms with E-state index in [0.29, 0.717) is 18.3 Å². The third-order valence-electron chi connectivity index (χ3n) is 3.70. The second-order valence-corrected chi connectivity index (χ2v) is 9.39. The molecular formula is C13H20N2O4S2. The van der Waals surface area contributed by atoms with Crippen LogP contribution in [-0.4, -0.2) is 55.5 Å². The third-order valence-corrected chi connectivity index (χ3v) is 5.93. The first-order valence-electron chi connectivity index (χ1n) is 6.59. The molecule has 8 heteroatoms. The molecule has 0 spiro atoms. The van der Waals surface area contributed by atoms with E-state index in [0.717, 1.165) is 25.5 Å². The highest BCUT2D eigenvalue weighted by Gasteiger charge is 2.26. The molecule has 1 heterocycles. The molecule has 1 aromatic carbocycles. The smallest absolute Gasteiger partial charge is 0.177 e. The van der Waals surface area contributed by atoms with Gasteiger partial charge in [-0.25, -0.2) is 16.8 Å². The molecule has 2 rings (SSSR count). The average molecular weight is 332 g/mol. The fraction of sp³-hybridized carbons (Fsp3) is 0.538. The first-order chi connectivity index (χ1) is 9.63. The van der Waals surface area contributed by atoms with Crippen molar-refractivity contribution in [1.82, 2.24) is 5.32 Å². The fourth-order valence-corrected chi connectivity index (χ4v) is 4.14. The standard InChI is InChI=1S/C13H20N2O4S2/c1-14-10-6-7-15(9-10)12-5-4-11(20(2,16)17)8-13(12)21(3,18)19/h4-5,8,10,14H,6-7,9H2,1-3H3. The fourth-order valence-electron chi connectivity index (χ4n) is 2.50. The van der Waals surface area contributed by atoms with Gasteiger partial charge < -0.3 is 10.2 Å². The minimum atomic E-state index is -3.50. The van der Waals surface area contributed by atoms with Crippen LogP contribution in [0.3, 0.4) is 0 Å². The molecule has 1 unspecified atom stereocenters. The first kappa shape index (κ1) is 16.3. The molecule has 1 atom stereocenters. The van der Waals surface area contributed by atoms with E-state index in [1.165, 1.54) is 12.1 Å². The van der Waals surface area contributed by atoms with Gasteiger partial charge in [0.1, 0.15) is 0 Å². The second kappa shape index (κ2) is 5.58. The van der Waals surface area contributed by atoms with Crippen LogP contribution >= 0.6 is 0 Å². The highest BCUT2D eigenvalue weighted by molar-refractivity contribution is 7.91. The summed E-state index contributed by atoms with van der Waals surface area (Å²) in [5.41, 5.74) is 0.572. The Balaban J connectivity index is 2.52. The first-order valence-corrected chi connectivity index (χ1v) is 10.4. The van der Waals surface area contributed by atoms with Crippen molar-refractivity contribution < 1.29 is 16.8 Å². The normalized spacial score (nSPS) is 20.0. The van der Waals surface area contributed by atoms with E-state index < -0.39 is 19.7 Å². The van der Waals surface area contributed by atoms with Crippen molar-refractivity contribution >= 4 is 25.4 Å². The molecule has 1 aliphatic heterocycles. The molecule has 0 aromatic heterocycles. The highest BCUT2D eigenvalue weighted by atomic mass is 32.2. The van der Waals surface area contributed by atoms with Crippen LogP contribution in [0.25, 0.3) is 0 Å². The molecule has 21 heavy (non-hydrogen) atoms. The molecule has 1 aromatic rings. The van der Waals surface area contributed by atoms with Gasteiger partial charge in [0, 0.05) is 31.6 Å². The van der Waals surface area contributed by atoms with Crippen LogP contribution in [0, 0.1) is 0 Å². The molecule has 1 N–H and O–H groups in total. The van der Waals surface area contributed by atoms with E-state index in [1.807, 2.05) is 11.9 Å². The molecule has 0 radical (unpaired) electrons. The van der Waals surface area contributed by atoms with E-state index in [-0.39, 0.29) is 9.79 Å². The summed E-state index contributed by atoms with van der Waals surface area (Å²) >= 11 is 0. The molecule has 0 bridgehead atoms. The van der Waals surface area contributed by atoms with Crippen LogP contribution in [-0.2, 0) is 19.7 Å². The highest BCUT2D eigenvalue weighted by Crippen LogP contribution is 2.30. The summed E-state index contributed by atoms with van der Waals surface area (Å²) in [5, 5.41) is 3.17. The van der Waals surface area contributed by atoms with Crippen LogP contribution in [0.1, 0.15) is 6.42 Å². The van der Waals surface area contributed by atoms with Gasteiger partial charge in [0.25, 0.3) is 0 Å². The van der Waals surface area contributed by atoms with Crippen molar-refractivity contribution in [2.45, 2.75) is 22.3 Å². The predicted molar refractivity (Wildman–Crippen MR) is 82.3 cm³/mol. The van der Waals surface area contributed by atoms with Gasteiger partial charge in [-0.05, 0) is 31.7 Å². The number of hydrogen-bond acceptors (Lipinski definition) is 6. The predicted octanol–water partition coefficient (Wildman–Crippen LogP) is 0.292. The minimum Gasteiger partial charge on any atom is -0.369 e. The molecule has 1 fully saturated rings. The van der Waals surface area contributed by atoms with Crippen molar-refractivity contribution in [3.8, 4) is 0 Å². The monoisotopic (exact) mass is 332 g/mol. The average Bonchev–Trinajstić information content (AvgIpc) is 2.84. The van der Waals surface area contributed by atoms with Crippen molar-refractivity contribution in [2.24, 2.45) is 0 Å². The van der Waals surface area contributed by atoms with E-state index >= 15 is 0 Å². The Morgan fingerprint density at radius 3 is 2.29 bits per heavy atom. The lowest BCUT2D eigenvalue weighted by Crippen LogP contribution is -2.30. The summed E-state index contributed by atoms with van der Waals surface area (Å²) in [7, 11) is -5.07. The Morgan fingerprint density at radius 1 is 1.14 bits per heavy atom. The largest absolute Gasteiger partial charge is 0.369 e. The Kier molecular flexibility index (Phi) is 4.32. The molecular weight excluding hydrogens is 312 g/mol. The van der Waals surface area contributed by atoms with E-state index in [9.17, 15) is 16.8 Å². The van der Waals surface area contributed by atoms with Crippen LogP contribution in [0.2, 0.25) is 0 Å². The lowest BCUT2D eigenvalue weighted by atomic mass is 10.3. The van der Waals surface area contributed by atoms with Crippen molar-refractivity contribution in [2.75, 3.05) is 37.5 Å². The lowest BCUT2D eigenvalue weighted by Gasteiger charge is -2.22. The summed E-state index contributed by atoms with van der Waals surface area (Å²) in [5.74, 6) is 0. The Morgan fingerprint density at radius 2 is 1.81 bits per heavy atom. The summed E-state index contributed by atoms with van der Waals surface area (Å²) < 4.78 is 47.3. The quantitative estimate of drug-likeness (QED) is 0.853. The van der Waals surface area contributed by atoms with Gasteiger partial charge in [0.2, 0.25) is 0 Å². The number of hydrogen-bond donors (Lipinski definition) is 1. The van der Waals surface area contributed by atoms with E-state index in [2.05, 4.69) is 5.32 Å². The van der Waals surface area contributed by atoms with Crippen molar-refractivity contribution in [1.29, 1.82) is 0 Å². The van der Waals surface area contributed by atoms with Gasteiger partial charge in [0.05, 0.1) is 15.5 Å². The van der Waals surface area contributed by atoms with E-state index in [4.69, 9.17) is 0 Å². The molecule has 0 saturated carbocycles. The Bertz CT molecular complexity index is 741. The SMILES string of the molecule is CNC1CCN(c2ccc(S(C)(=O)=O)cc2S(C)(=O)=O)C1. The number of rotatable bonds is 4. The Hall–Kier alpha value is -1.12. The van der Waals surface area contributed by atoms with Crippen LogP contribution in [0.4, 0.5) is 5.69 Å². The second-order valence-electron chi connectivity index (χ2n) is 5.39. The molecule has 6 nitrogen and oxygen atoms in total. The summed E-state index contributed by atoms with van der Waals surface area (Å²) in [6.07, 6.45) is 3.10. The zero-order valence-electron chi connectivity index (χ0n) is 12.3. The number of nitrogens with one attached hydrogen (secondary N) is 1. The summed E-state index contributed by atoms with van der Waals surface area (Å²) in [6, 6.07) is 4.62. The van der Waals surface area contributed by atoms with Gasteiger partial charge in [-0.2, -0.15) is 0 Å². The minimum absolute atomic E-state index is 0.0241. The third kappa shape index (κ3) is 3.56. The number of nitrogens with zero attached hydrogens (tertiary/aromatic N) is 1. The molecule has 0 aliphatic carbocycles. The molecule has 1 aliphatic rings. The van der Waals surface area contributed by atoms with Gasteiger partial charge in [-0.1, -0.05) is 0 Å².